The summed E-state index contributed by atoms with van der Waals surface area (Å²) in [4.78, 5) is 10.6. The first kappa shape index (κ1) is 15.6. The lowest BCUT2D eigenvalue weighted by Gasteiger charge is -2.45. The van der Waals surface area contributed by atoms with Crippen molar-refractivity contribution in [3.63, 3.8) is 0 Å². The van der Waals surface area contributed by atoms with Gasteiger partial charge in [-0.15, -0.1) is 0 Å². The first-order chi connectivity index (χ1) is 8.18. The SMILES string of the molecule is CC1(C)CCCC(CC(O)C=O)C(N)C(C)(C)C1. The van der Waals surface area contributed by atoms with Gasteiger partial charge in [0.25, 0.3) is 0 Å². The molecule has 0 aliphatic heterocycles. The zero-order chi connectivity index (χ0) is 14.0. The minimum absolute atomic E-state index is 0.0478. The van der Waals surface area contributed by atoms with Gasteiger partial charge >= 0.3 is 0 Å². The van der Waals surface area contributed by atoms with E-state index in [1.807, 2.05) is 0 Å². The lowest BCUT2D eigenvalue weighted by molar-refractivity contribution is -0.116. The standard InChI is InChI=1S/C15H29NO2/c1-14(2)7-5-6-11(8-12(18)9-17)13(16)15(3,4)10-14/h9,11-13,18H,5-8,10,16H2,1-4H3. The maximum atomic E-state index is 10.6. The Labute approximate surface area is 111 Å². The largest absolute Gasteiger partial charge is 0.386 e. The molecule has 0 heterocycles. The molecule has 0 spiro atoms. The number of carbonyl (C=O) groups excluding carboxylic acids is 1. The fraction of sp³-hybridized carbons (Fsp3) is 0.933. The molecule has 1 aliphatic carbocycles. The minimum atomic E-state index is -0.857. The Morgan fingerprint density at radius 3 is 2.56 bits per heavy atom. The van der Waals surface area contributed by atoms with E-state index in [1.165, 1.54) is 6.42 Å². The third-order valence-electron chi connectivity index (χ3n) is 4.47. The van der Waals surface area contributed by atoms with E-state index in [1.54, 1.807) is 0 Å². The Morgan fingerprint density at radius 2 is 2.00 bits per heavy atom. The third kappa shape index (κ3) is 4.06. The zero-order valence-corrected chi connectivity index (χ0v) is 12.3. The van der Waals surface area contributed by atoms with Gasteiger partial charge in [0.05, 0.1) is 0 Å². The number of aldehydes is 1. The molecule has 3 atom stereocenters. The second-order valence-electron chi connectivity index (χ2n) is 7.45. The van der Waals surface area contributed by atoms with Crippen molar-refractivity contribution in [1.29, 1.82) is 0 Å². The molecular formula is C15H29NO2. The Morgan fingerprint density at radius 1 is 1.39 bits per heavy atom. The van der Waals surface area contributed by atoms with Crippen molar-refractivity contribution in [1.82, 2.24) is 0 Å². The number of hydrogen-bond donors (Lipinski definition) is 2. The molecule has 0 amide bonds. The summed E-state index contributed by atoms with van der Waals surface area (Å²) < 4.78 is 0. The highest BCUT2D eigenvalue weighted by Crippen LogP contribution is 2.44. The van der Waals surface area contributed by atoms with Gasteiger partial charge in [0, 0.05) is 6.04 Å². The summed E-state index contributed by atoms with van der Waals surface area (Å²) in [7, 11) is 0. The average Bonchev–Trinajstić information content (AvgIpc) is 2.23. The van der Waals surface area contributed by atoms with E-state index in [4.69, 9.17) is 5.73 Å². The van der Waals surface area contributed by atoms with Crippen LogP contribution in [0.15, 0.2) is 0 Å². The Kier molecular flexibility index (Phi) is 4.96. The number of carbonyl (C=O) groups is 1. The first-order valence-electron chi connectivity index (χ1n) is 7.07. The van der Waals surface area contributed by atoms with Gasteiger partial charge in [0.1, 0.15) is 12.4 Å². The molecule has 106 valence electrons. The molecule has 3 unspecified atom stereocenters. The molecule has 1 fully saturated rings. The summed E-state index contributed by atoms with van der Waals surface area (Å²) in [5.74, 6) is 0.247. The smallest absolute Gasteiger partial charge is 0.148 e. The van der Waals surface area contributed by atoms with Crippen LogP contribution in [0.4, 0.5) is 0 Å². The molecule has 3 heteroatoms. The summed E-state index contributed by atoms with van der Waals surface area (Å²) in [6, 6.07) is 0.0478. The minimum Gasteiger partial charge on any atom is -0.386 e. The number of aliphatic hydroxyl groups is 1. The molecule has 1 saturated carbocycles. The van der Waals surface area contributed by atoms with Gasteiger partial charge in [0.15, 0.2) is 0 Å². The summed E-state index contributed by atoms with van der Waals surface area (Å²) in [5.41, 5.74) is 6.80. The second-order valence-corrected chi connectivity index (χ2v) is 7.45. The van der Waals surface area contributed by atoms with Crippen LogP contribution in [0, 0.1) is 16.7 Å². The van der Waals surface area contributed by atoms with Crippen LogP contribution in [0.25, 0.3) is 0 Å². The molecule has 1 rings (SSSR count). The van der Waals surface area contributed by atoms with E-state index < -0.39 is 6.10 Å². The Bertz CT molecular complexity index is 286. The molecule has 3 nitrogen and oxygen atoms in total. The van der Waals surface area contributed by atoms with Crippen LogP contribution in [-0.4, -0.2) is 23.5 Å². The highest BCUT2D eigenvalue weighted by atomic mass is 16.3. The number of aliphatic hydroxyl groups excluding tert-OH is 1. The van der Waals surface area contributed by atoms with E-state index >= 15 is 0 Å². The Balaban J connectivity index is 2.80. The van der Waals surface area contributed by atoms with E-state index in [2.05, 4.69) is 27.7 Å². The molecule has 18 heavy (non-hydrogen) atoms. The normalized spacial score (nSPS) is 33.2. The molecule has 0 saturated heterocycles. The summed E-state index contributed by atoms with van der Waals surface area (Å²) in [6.45, 7) is 9.04. The molecule has 0 aromatic heterocycles. The first-order valence-corrected chi connectivity index (χ1v) is 7.07. The van der Waals surface area contributed by atoms with Crippen molar-refractivity contribution >= 4 is 6.29 Å². The predicted octanol–water partition coefficient (Wildman–Crippen LogP) is 2.51. The number of hydrogen-bond acceptors (Lipinski definition) is 3. The fourth-order valence-corrected chi connectivity index (χ4v) is 3.73. The van der Waals surface area contributed by atoms with Crippen LogP contribution >= 0.6 is 0 Å². The molecular weight excluding hydrogens is 226 g/mol. The van der Waals surface area contributed by atoms with Crippen molar-refractivity contribution in [2.24, 2.45) is 22.5 Å². The van der Waals surface area contributed by atoms with E-state index in [0.29, 0.717) is 18.1 Å². The van der Waals surface area contributed by atoms with Crippen LogP contribution in [0.5, 0.6) is 0 Å². The summed E-state index contributed by atoms with van der Waals surface area (Å²) in [6.07, 6.45) is 4.71. The fourth-order valence-electron chi connectivity index (χ4n) is 3.73. The summed E-state index contributed by atoms with van der Waals surface area (Å²) >= 11 is 0. The Hall–Kier alpha value is -0.410. The third-order valence-corrected chi connectivity index (χ3v) is 4.47. The van der Waals surface area contributed by atoms with Gasteiger partial charge in [-0.25, -0.2) is 0 Å². The van der Waals surface area contributed by atoms with Crippen molar-refractivity contribution in [3.8, 4) is 0 Å². The zero-order valence-electron chi connectivity index (χ0n) is 12.3. The second kappa shape index (κ2) is 5.70. The molecule has 0 aromatic carbocycles. The van der Waals surface area contributed by atoms with Gasteiger partial charge < -0.3 is 15.6 Å². The molecule has 3 N–H and O–H groups in total. The maximum Gasteiger partial charge on any atom is 0.148 e. The van der Waals surface area contributed by atoms with Gasteiger partial charge in [0.2, 0.25) is 0 Å². The van der Waals surface area contributed by atoms with Crippen molar-refractivity contribution in [3.05, 3.63) is 0 Å². The summed E-state index contributed by atoms with van der Waals surface area (Å²) in [5, 5.41) is 9.54. The maximum absolute atomic E-state index is 10.6. The van der Waals surface area contributed by atoms with Crippen LogP contribution in [-0.2, 0) is 4.79 Å². The monoisotopic (exact) mass is 255 g/mol. The van der Waals surface area contributed by atoms with E-state index in [0.717, 1.165) is 19.3 Å². The van der Waals surface area contributed by atoms with Gasteiger partial charge in [-0.3, -0.25) is 0 Å². The highest BCUT2D eigenvalue weighted by molar-refractivity contribution is 5.55. The van der Waals surface area contributed by atoms with Gasteiger partial charge in [-0.05, 0) is 42.4 Å². The lowest BCUT2D eigenvalue weighted by atomic mass is 9.63. The van der Waals surface area contributed by atoms with Crippen LogP contribution in [0.1, 0.15) is 59.8 Å². The molecule has 0 aromatic rings. The molecule has 0 bridgehead atoms. The lowest BCUT2D eigenvalue weighted by Crippen LogP contribution is -2.47. The highest BCUT2D eigenvalue weighted by Gasteiger charge is 2.39. The number of rotatable bonds is 3. The molecule has 1 aliphatic rings. The van der Waals surface area contributed by atoms with Gasteiger partial charge in [-0.2, -0.15) is 0 Å². The van der Waals surface area contributed by atoms with Gasteiger partial charge in [-0.1, -0.05) is 34.1 Å². The van der Waals surface area contributed by atoms with Crippen molar-refractivity contribution < 1.29 is 9.90 Å². The molecule has 0 radical (unpaired) electrons. The average molecular weight is 255 g/mol. The van der Waals surface area contributed by atoms with Crippen LogP contribution in [0.2, 0.25) is 0 Å². The van der Waals surface area contributed by atoms with Crippen molar-refractivity contribution in [2.75, 3.05) is 0 Å². The predicted molar refractivity (Wildman–Crippen MR) is 74.2 cm³/mol. The topological polar surface area (TPSA) is 63.3 Å². The van der Waals surface area contributed by atoms with E-state index in [9.17, 15) is 9.90 Å². The van der Waals surface area contributed by atoms with Crippen LogP contribution < -0.4 is 5.73 Å². The number of nitrogens with two attached hydrogens (primary N) is 1. The van der Waals surface area contributed by atoms with Crippen LogP contribution in [0.3, 0.4) is 0 Å². The quantitative estimate of drug-likeness (QED) is 0.762. The van der Waals surface area contributed by atoms with E-state index in [-0.39, 0.29) is 17.4 Å². The van der Waals surface area contributed by atoms with Crippen molar-refractivity contribution in [2.45, 2.75) is 71.9 Å².